The molecule has 4 heteroatoms. The molecule has 0 amide bonds. The third-order valence-corrected chi connectivity index (χ3v) is 7.27. The summed E-state index contributed by atoms with van der Waals surface area (Å²) in [5.74, 6) is 0.951. The predicted octanol–water partition coefficient (Wildman–Crippen LogP) is 5.00. The summed E-state index contributed by atoms with van der Waals surface area (Å²) in [5, 5.41) is 0. The molecule has 1 aromatic heterocycles. The number of nitrogens with zero attached hydrogens (tertiary/aromatic N) is 4. The van der Waals surface area contributed by atoms with Gasteiger partial charge >= 0.3 is 0 Å². The Hall–Kier alpha value is -2.56. The molecular formula is C29H36N4. The van der Waals surface area contributed by atoms with Gasteiger partial charge in [-0.25, -0.2) is 9.97 Å². The van der Waals surface area contributed by atoms with E-state index in [2.05, 4.69) is 70.5 Å². The number of hydrogen-bond donors (Lipinski definition) is 0. The summed E-state index contributed by atoms with van der Waals surface area (Å²) in [4.78, 5) is 14.9. The van der Waals surface area contributed by atoms with E-state index in [9.17, 15) is 0 Å². The lowest BCUT2D eigenvalue weighted by Gasteiger charge is -2.40. The highest BCUT2D eigenvalue weighted by Crippen LogP contribution is 2.29. The van der Waals surface area contributed by atoms with Crippen LogP contribution in [0.15, 0.2) is 60.7 Å². The molecule has 5 rings (SSSR count). The van der Waals surface area contributed by atoms with Crippen LogP contribution >= 0.6 is 0 Å². The third kappa shape index (κ3) is 5.34. The minimum Gasteiger partial charge on any atom is -0.301 e. The van der Waals surface area contributed by atoms with Crippen LogP contribution in [0.2, 0.25) is 0 Å². The quantitative estimate of drug-likeness (QED) is 0.517. The topological polar surface area (TPSA) is 32.3 Å². The van der Waals surface area contributed by atoms with Gasteiger partial charge in [-0.05, 0) is 68.7 Å². The van der Waals surface area contributed by atoms with Gasteiger partial charge in [0.05, 0.1) is 6.04 Å². The molecule has 0 saturated carbocycles. The molecule has 0 atom stereocenters. The summed E-state index contributed by atoms with van der Waals surface area (Å²) in [5.41, 5.74) is 6.89. The maximum atomic E-state index is 4.83. The van der Waals surface area contributed by atoms with E-state index in [1.807, 2.05) is 6.92 Å². The van der Waals surface area contributed by atoms with Gasteiger partial charge in [0.1, 0.15) is 5.82 Å². The number of aromatic nitrogens is 2. The number of benzene rings is 2. The third-order valence-electron chi connectivity index (χ3n) is 7.27. The van der Waals surface area contributed by atoms with Gasteiger partial charge in [-0.3, -0.25) is 4.90 Å². The lowest BCUT2D eigenvalue weighted by atomic mass is 9.93. The smallest absolute Gasteiger partial charge is 0.125 e. The number of rotatable bonds is 7. The van der Waals surface area contributed by atoms with Crippen LogP contribution < -0.4 is 0 Å². The van der Waals surface area contributed by atoms with Gasteiger partial charge in [0.2, 0.25) is 0 Å². The number of aryl methyl sites for hydroxylation is 3. The molecule has 1 fully saturated rings. The van der Waals surface area contributed by atoms with Gasteiger partial charge in [-0.15, -0.1) is 0 Å². The second-order valence-electron chi connectivity index (χ2n) is 9.55. The number of fused-ring (bicyclic) bond motifs is 1. The molecular weight excluding hydrogens is 404 g/mol. The fraction of sp³-hybridized carbons (Fsp3) is 0.448. The van der Waals surface area contributed by atoms with Gasteiger partial charge in [0, 0.05) is 37.6 Å². The zero-order chi connectivity index (χ0) is 22.5. The van der Waals surface area contributed by atoms with Crippen molar-refractivity contribution in [3.8, 4) is 0 Å². The van der Waals surface area contributed by atoms with E-state index in [0.717, 1.165) is 51.4 Å². The molecule has 2 aliphatic rings. The fourth-order valence-electron chi connectivity index (χ4n) is 5.61. The van der Waals surface area contributed by atoms with Crippen LogP contribution in [0.25, 0.3) is 0 Å². The SMILES string of the molecule is Cc1nc2c(c(CCCN3CCN(C(c4ccccc4)c4ccccc4)CC3)n1)CCCC2. The predicted molar refractivity (Wildman–Crippen MR) is 134 cm³/mol. The normalized spacial score (nSPS) is 17.3. The van der Waals surface area contributed by atoms with Crippen molar-refractivity contribution >= 4 is 0 Å². The Kier molecular flexibility index (Phi) is 7.13. The molecule has 1 saturated heterocycles. The second-order valence-corrected chi connectivity index (χ2v) is 9.55. The molecule has 0 bridgehead atoms. The molecule has 2 aromatic carbocycles. The molecule has 0 N–H and O–H groups in total. The summed E-state index contributed by atoms with van der Waals surface area (Å²) in [6.07, 6.45) is 7.15. The first kappa shape index (κ1) is 22.2. The number of hydrogen-bond acceptors (Lipinski definition) is 4. The lowest BCUT2D eigenvalue weighted by Crippen LogP contribution is -2.48. The lowest BCUT2D eigenvalue weighted by molar-refractivity contribution is 0.108. The van der Waals surface area contributed by atoms with Crippen LogP contribution in [0.3, 0.4) is 0 Å². The molecule has 1 aliphatic heterocycles. The molecule has 0 spiro atoms. The van der Waals surface area contributed by atoms with Crippen molar-refractivity contribution in [2.45, 2.75) is 51.5 Å². The maximum absolute atomic E-state index is 4.83. The largest absolute Gasteiger partial charge is 0.301 e. The van der Waals surface area contributed by atoms with Crippen molar-refractivity contribution in [1.82, 2.24) is 19.8 Å². The highest BCUT2D eigenvalue weighted by molar-refractivity contribution is 5.32. The van der Waals surface area contributed by atoms with Gasteiger partial charge in [-0.1, -0.05) is 60.7 Å². The molecule has 33 heavy (non-hydrogen) atoms. The van der Waals surface area contributed by atoms with Crippen molar-refractivity contribution in [2.24, 2.45) is 0 Å². The summed E-state index contributed by atoms with van der Waals surface area (Å²) >= 11 is 0. The maximum Gasteiger partial charge on any atom is 0.125 e. The first-order chi connectivity index (χ1) is 16.3. The Morgan fingerprint density at radius 3 is 2.09 bits per heavy atom. The van der Waals surface area contributed by atoms with E-state index in [-0.39, 0.29) is 0 Å². The molecule has 3 aromatic rings. The monoisotopic (exact) mass is 440 g/mol. The zero-order valence-electron chi connectivity index (χ0n) is 19.9. The minimum atomic E-state index is 0.338. The average Bonchev–Trinajstić information content (AvgIpc) is 2.86. The van der Waals surface area contributed by atoms with Crippen LogP contribution in [0.1, 0.15) is 59.2 Å². The standard InChI is InChI=1S/C29H36N4/c1-23-30-27-16-9-8-15-26(27)28(31-23)17-10-18-32-19-21-33(22-20-32)29(24-11-4-2-5-12-24)25-13-6-3-7-14-25/h2-7,11-14,29H,8-10,15-22H2,1H3. The Balaban J connectivity index is 1.19. The Morgan fingerprint density at radius 2 is 1.42 bits per heavy atom. The van der Waals surface area contributed by atoms with Crippen molar-refractivity contribution in [2.75, 3.05) is 32.7 Å². The van der Waals surface area contributed by atoms with Crippen LogP contribution in [-0.4, -0.2) is 52.5 Å². The van der Waals surface area contributed by atoms with E-state index in [4.69, 9.17) is 9.97 Å². The summed E-state index contributed by atoms with van der Waals surface area (Å²) in [7, 11) is 0. The Bertz CT molecular complexity index is 987. The molecule has 1 aliphatic carbocycles. The summed E-state index contributed by atoms with van der Waals surface area (Å²) in [6.45, 7) is 7.70. The van der Waals surface area contributed by atoms with Gasteiger partial charge < -0.3 is 4.90 Å². The first-order valence-corrected chi connectivity index (χ1v) is 12.7. The highest BCUT2D eigenvalue weighted by atomic mass is 15.3. The van der Waals surface area contributed by atoms with E-state index < -0.39 is 0 Å². The van der Waals surface area contributed by atoms with Crippen molar-refractivity contribution in [3.63, 3.8) is 0 Å². The highest BCUT2D eigenvalue weighted by Gasteiger charge is 2.26. The fourth-order valence-corrected chi connectivity index (χ4v) is 5.61. The van der Waals surface area contributed by atoms with Gasteiger partial charge in [-0.2, -0.15) is 0 Å². The first-order valence-electron chi connectivity index (χ1n) is 12.7. The van der Waals surface area contributed by atoms with Crippen LogP contribution in [-0.2, 0) is 19.3 Å². The van der Waals surface area contributed by atoms with E-state index >= 15 is 0 Å². The average molecular weight is 441 g/mol. The minimum absolute atomic E-state index is 0.338. The van der Waals surface area contributed by atoms with E-state index in [0.29, 0.717) is 6.04 Å². The van der Waals surface area contributed by atoms with Crippen LogP contribution in [0, 0.1) is 6.92 Å². The van der Waals surface area contributed by atoms with Crippen LogP contribution in [0.4, 0.5) is 0 Å². The van der Waals surface area contributed by atoms with E-state index in [1.54, 1.807) is 0 Å². The molecule has 0 radical (unpaired) electrons. The molecule has 172 valence electrons. The molecule has 4 nitrogen and oxygen atoms in total. The Morgan fingerprint density at radius 1 is 0.788 bits per heavy atom. The van der Waals surface area contributed by atoms with Gasteiger partial charge in [0.15, 0.2) is 0 Å². The van der Waals surface area contributed by atoms with Crippen molar-refractivity contribution < 1.29 is 0 Å². The summed E-state index contributed by atoms with van der Waals surface area (Å²) < 4.78 is 0. The van der Waals surface area contributed by atoms with E-state index in [1.165, 1.54) is 53.8 Å². The Labute approximate surface area is 198 Å². The number of piperazine rings is 1. The molecule has 0 unspecified atom stereocenters. The second kappa shape index (κ2) is 10.6. The van der Waals surface area contributed by atoms with Gasteiger partial charge in [0.25, 0.3) is 0 Å². The van der Waals surface area contributed by atoms with Crippen LogP contribution in [0.5, 0.6) is 0 Å². The van der Waals surface area contributed by atoms with Crippen molar-refractivity contribution in [3.05, 3.63) is 94.6 Å². The molecule has 2 heterocycles. The zero-order valence-corrected chi connectivity index (χ0v) is 19.9. The van der Waals surface area contributed by atoms with Crippen molar-refractivity contribution in [1.29, 1.82) is 0 Å². The summed E-state index contributed by atoms with van der Waals surface area (Å²) in [6, 6.07) is 22.3.